The minimum atomic E-state index is -0.582. The van der Waals surface area contributed by atoms with Crippen molar-refractivity contribution < 1.29 is 19.1 Å². The van der Waals surface area contributed by atoms with Gasteiger partial charge in [0.25, 0.3) is 5.91 Å². The van der Waals surface area contributed by atoms with E-state index in [2.05, 4.69) is 43.4 Å². The molecule has 0 aliphatic rings. The van der Waals surface area contributed by atoms with Crippen LogP contribution >= 0.6 is 0 Å². The summed E-state index contributed by atoms with van der Waals surface area (Å²) in [7, 11) is 1.48. The smallest absolute Gasteiger partial charge is 0.342 e. The van der Waals surface area contributed by atoms with Crippen molar-refractivity contribution in [1.82, 2.24) is 5.32 Å². The lowest BCUT2D eigenvalue weighted by molar-refractivity contribution is -0.124. The normalized spacial score (nSPS) is 10.5. The molecule has 138 valence electrons. The summed E-state index contributed by atoms with van der Waals surface area (Å²) in [6.45, 7) is 4.48. The van der Waals surface area contributed by atoms with Crippen LogP contribution in [0, 0.1) is 0 Å². The first kappa shape index (κ1) is 19.5. The van der Waals surface area contributed by atoms with Crippen molar-refractivity contribution in [2.45, 2.75) is 26.2 Å². The number of rotatable bonds is 8. The van der Waals surface area contributed by atoms with Crippen molar-refractivity contribution in [1.29, 1.82) is 0 Å². The molecule has 0 atom stereocenters. The maximum atomic E-state index is 12.0. The number of ether oxygens (including phenoxy) is 2. The van der Waals surface area contributed by atoms with E-state index in [1.165, 1.54) is 12.7 Å². The van der Waals surface area contributed by atoms with E-state index in [-0.39, 0.29) is 12.5 Å². The Hall–Kier alpha value is -2.82. The molecule has 5 nitrogen and oxygen atoms in total. The number of amides is 1. The van der Waals surface area contributed by atoms with Gasteiger partial charge in [-0.25, -0.2) is 4.79 Å². The summed E-state index contributed by atoms with van der Waals surface area (Å²) >= 11 is 0. The van der Waals surface area contributed by atoms with Crippen molar-refractivity contribution in [2.24, 2.45) is 0 Å². The average molecular weight is 355 g/mol. The Balaban J connectivity index is 1.74. The average Bonchev–Trinajstić information content (AvgIpc) is 2.66. The molecule has 2 aromatic rings. The number of methoxy groups -OCH3 is 1. The van der Waals surface area contributed by atoms with Crippen molar-refractivity contribution in [2.75, 3.05) is 20.3 Å². The van der Waals surface area contributed by atoms with Crippen LogP contribution in [0.3, 0.4) is 0 Å². The SMILES string of the molecule is COc1ccccc1C(=O)OCC(=O)NCCc1ccc(C(C)C)cc1. The molecular formula is C21H25NO4. The third-order valence-corrected chi connectivity index (χ3v) is 4.04. The molecule has 0 unspecified atom stereocenters. The van der Waals surface area contributed by atoms with Gasteiger partial charge in [-0.15, -0.1) is 0 Å². The number of nitrogens with one attached hydrogen (secondary N) is 1. The maximum absolute atomic E-state index is 12.0. The molecule has 1 N–H and O–H groups in total. The summed E-state index contributed by atoms with van der Waals surface area (Å²) in [5.74, 6) is 0.0124. The molecule has 1 amide bonds. The number of carbonyl (C=O) groups excluding carboxylic acids is 2. The standard InChI is InChI=1S/C21H25NO4/c1-15(2)17-10-8-16(9-11-17)12-13-22-20(23)14-26-21(24)18-6-4-5-7-19(18)25-3/h4-11,15H,12-14H2,1-3H3,(H,22,23). The molecule has 0 aromatic heterocycles. The first-order valence-corrected chi connectivity index (χ1v) is 8.67. The first-order chi connectivity index (χ1) is 12.5. The third-order valence-electron chi connectivity index (χ3n) is 4.04. The highest BCUT2D eigenvalue weighted by molar-refractivity contribution is 5.93. The van der Waals surface area contributed by atoms with E-state index >= 15 is 0 Å². The molecule has 0 aliphatic carbocycles. The third kappa shape index (κ3) is 5.62. The van der Waals surface area contributed by atoms with Gasteiger partial charge in [0, 0.05) is 6.54 Å². The molecule has 0 fully saturated rings. The fraction of sp³-hybridized carbons (Fsp3) is 0.333. The number of hydrogen-bond donors (Lipinski definition) is 1. The van der Waals surface area contributed by atoms with Crippen molar-refractivity contribution in [3.63, 3.8) is 0 Å². The summed E-state index contributed by atoms with van der Waals surface area (Å²) in [5.41, 5.74) is 2.75. The summed E-state index contributed by atoms with van der Waals surface area (Å²) in [4.78, 5) is 23.9. The van der Waals surface area contributed by atoms with Crippen LogP contribution in [0.4, 0.5) is 0 Å². The van der Waals surface area contributed by atoms with Gasteiger partial charge in [-0.3, -0.25) is 4.79 Å². The van der Waals surface area contributed by atoms with Gasteiger partial charge in [0.15, 0.2) is 6.61 Å². The van der Waals surface area contributed by atoms with Crippen LogP contribution in [0.25, 0.3) is 0 Å². The van der Waals surface area contributed by atoms with Crippen LogP contribution < -0.4 is 10.1 Å². The van der Waals surface area contributed by atoms with Gasteiger partial charge in [-0.2, -0.15) is 0 Å². The Kier molecular flexibility index (Phi) is 7.21. The molecule has 0 aliphatic heterocycles. The van der Waals surface area contributed by atoms with E-state index in [1.54, 1.807) is 24.3 Å². The summed E-state index contributed by atoms with van der Waals surface area (Å²) < 4.78 is 10.2. The van der Waals surface area contributed by atoms with Crippen LogP contribution in [0.1, 0.15) is 41.3 Å². The van der Waals surface area contributed by atoms with Crippen LogP contribution in [-0.4, -0.2) is 32.1 Å². The minimum Gasteiger partial charge on any atom is -0.496 e. The van der Waals surface area contributed by atoms with Gasteiger partial charge in [0.2, 0.25) is 0 Å². The Morgan fingerprint density at radius 1 is 1.04 bits per heavy atom. The molecule has 0 spiro atoms. The fourth-order valence-corrected chi connectivity index (χ4v) is 2.49. The topological polar surface area (TPSA) is 64.6 Å². The van der Waals surface area contributed by atoms with Crippen molar-refractivity contribution >= 4 is 11.9 Å². The van der Waals surface area contributed by atoms with Crippen molar-refractivity contribution in [3.8, 4) is 5.75 Å². The lowest BCUT2D eigenvalue weighted by Crippen LogP contribution is -2.30. The van der Waals surface area contributed by atoms with Crippen LogP contribution in [-0.2, 0) is 16.0 Å². The highest BCUT2D eigenvalue weighted by Crippen LogP contribution is 2.18. The lowest BCUT2D eigenvalue weighted by Gasteiger charge is -2.09. The second-order valence-corrected chi connectivity index (χ2v) is 6.27. The molecule has 0 saturated carbocycles. The first-order valence-electron chi connectivity index (χ1n) is 8.67. The highest BCUT2D eigenvalue weighted by Gasteiger charge is 2.14. The van der Waals surface area contributed by atoms with Gasteiger partial charge in [-0.1, -0.05) is 50.2 Å². The molecular weight excluding hydrogens is 330 g/mol. The number of hydrogen-bond acceptors (Lipinski definition) is 4. The number of carbonyl (C=O) groups is 2. The molecule has 0 saturated heterocycles. The van der Waals surface area contributed by atoms with E-state index in [4.69, 9.17) is 9.47 Å². The highest BCUT2D eigenvalue weighted by atomic mass is 16.5. The second-order valence-electron chi connectivity index (χ2n) is 6.27. The number of esters is 1. The maximum Gasteiger partial charge on any atom is 0.342 e. The molecule has 0 radical (unpaired) electrons. The van der Waals surface area contributed by atoms with E-state index in [1.807, 2.05) is 0 Å². The summed E-state index contributed by atoms with van der Waals surface area (Å²) in [5, 5.41) is 2.76. The van der Waals surface area contributed by atoms with Gasteiger partial charge in [-0.05, 0) is 35.6 Å². The Bertz CT molecular complexity index is 738. The zero-order valence-corrected chi connectivity index (χ0v) is 15.5. The summed E-state index contributed by atoms with van der Waals surface area (Å²) in [6, 6.07) is 15.1. The molecule has 2 rings (SSSR count). The molecule has 0 bridgehead atoms. The molecule has 5 heteroatoms. The Morgan fingerprint density at radius 3 is 2.38 bits per heavy atom. The second kappa shape index (κ2) is 9.61. The van der Waals surface area contributed by atoms with E-state index in [0.717, 1.165) is 12.0 Å². The molecule has 0 heterocycles. The largest absolute Gasteiger partial charge is 0.496 e. The van der Waals surface area contributed by atoms with Gasteiger partial charge < -0.3 is 14.8 Å². The van der Waals surface area contributed by atoms with Gasteiger partial charge in [0.1, 0.15) is 11.3 Å². The molecule has 26 heavy (non-hydrogen) atoms. The number of para-hydroxylation sites is 1. The lowest BCUT2D eigenvalue weighted by atomic mass is 10.0. The Labute approximate surface area is 154 Å². The number of benzene rings is 2. The van der Waals surface area contributed by atoms with Crippen molar-refractivity contribution in [3.05, 3.63) is 65.2 Å². The van der Waals surface area contributed by atoms with Gasteiger partial charge >= 0.3 is 5.97 Å². The fourth-order valence-electron chi connectivity index (χ4n) is 2.49. The summed E-state index contributed by atoms with van der Waals surface area (Å²) in [6.07, 6.45) is 0.727. The molecule has 2 aromatic carbocycles. The van der Waals surface area contributed by atoms with Crippen LogP contribution in [0.15, 0.2) is 48.5 Å². The van der Waals surface area contributed by atoms with Crippen LogP contribution in [0.5, 0.6) is 5.75 Å². The monoisotopic (exact) mass is 355 g/mol. The van der Waals surface area contributed by atoms with Gasteiger partial charge in [0.05, 0.1) is 7.11 Å². The zero-order chi connectivity index (χ0) is 18.9. The zero-order valence-electron chi connectivity index (χ0n) is 15.5. The Morgan fingerprint density at radius 2 is 1.73 bits per heavy atom. The van der Waals surface area contributed by atoms with Crippen LogP contribution in [0.2, 0.25) is 0 Å². The minimum absolute atomic E-state index is 0.299. The van der Waals surface area contributed by atoms with E-state index in [9.17, 15) is 9.59 Å². The predicted octanol–water partition coefficient (Wildman–Crippen LogP) is 3.33. The van der Waals surface area contributed by atoms with E-state index < -0.39 is 5.97 Å². The quantitative estimate of drug-likeness (QED) is 0.738. The predicted molar refractivity (Wildman–Crippen MR) is 101 cm³/mol. The van der Waals surface area contributed by atoms with E-state index in [0.29, 0.717) is 23.8 Å².